The first kappa shape index (κ1) is 19.7. The number of benzene rings is 1. The van der Waals surface area contributed by atoms with Gasteiger partial charge in [-0.25, -0.2) is 0 Å². The van der Waals surface area contributed by atoms with Crippen LogP contribution in [0.5, 0.6) is 0 Å². The van der Waals surface area contributed by atoms with E-state index in [0.717, 1.165) is 43.5 Å². The molecular weight excluding hydrogens is 338 g/mol. The number of amides is 2. The van der Waals surface area contributed by atoms with E-state index in [1.807, 2.05) is 38.1 Å². The molecule has 2 rings (SSSR count). The van der Waals surface area contributed by atoms with Gasteiger partial charge in [-0.05, 0) is 70.5 Å². The van der Waals surface area contributed by atoms with Crippen LogP contribution in [0, 0.1) is 18.8 Å². The second-order valence-corrected chi connectivity index (χ2v) is 7.53. The van der Waals surface area contributed by atoms with Gasteiger partial charge in [0.1, 0.15) is 0 Å². The molecule has 0 radical (unpaired) electrons. The van der Waals surface area contributed by atoms with Gasteiger partial charge in [0.25, 0.3) is 0 Å². The highest BCUT2D eigenvalue weighted by Gasteiger charge is 2.29. The molecule has 25 heavy (non-hydrogen) atoms. The van der Waals surface area contributed by atoms with Crippen LogP contribution in [0.4, 0.5) is 5.69 Å². The molecule has 0 saturated heterocycles. The van der Waals surface area contributed by atoms with Gasteiger partial charge in [-0.15, -0.1) is 0 Å². The van der Waals surface area contributed by atoms with Crippen molar-refractivity contribution in [2.75, 3.05) is 32.5 Å². The lowest BCUT2D eigenvalue weighted by Gasteiger charge is -2.27. The molecule has 0 spiro atoms. The molecule has 1 aromatic carbocycles. The predicted molar refractivity (Wildman–Crippen MR) is 102 cm³/mol. The maximum atomic E-state index is 12.5. The fourth-order valence-corrected chi connectivity index (χ4v) is 3.39. The normalized spacial score (nSPS) is 20.4. The van der Waals surface area contributed by atoms with E-state index >= 15 is 0 Å². The van der Waals surface area contributed by atoms with Crippen LogP contribution in [0.1, 0.15) is 31.2 Å². The van der Waals surface area contributed by atoms with E-state index in [4.69, 9.17) is 11.6 Å². The summed E-state index contributed by atoms with van der Waals surface area (Å²) >= 11 is 5.95. The average molecular weight is 366 g/mol. The van der Waals surface area contributed by atoms with Gasteiger partial charge in [-0.1, -0.05) is 11.6 Å². The molecule has 2 N–H and O–H groups in total. The Bertz CT molecular complexity index is 611. The minimum Gasteiger partial charge on any atom is -0.355 e. The zero-order valence-electron chi connectivity index (χ0n) is 15.3. The zero-order chi connectivity index (χ0) is 18.4. The molecule has 138 valence electrons. The second-order valence-electron chi connectivity index (χ2n) is 7.09. The van der Waals surface area contributed by atoms with Gasteiger partial charge < -0.3 is 15.5 Å². The van der Waals surface area contributed by atoms with Gasteiger partial charge in [-0.2, -0.15) is 0 Å². The van der Waals surface area contributed by atoms with E-state index in [1.165, 1.54) is 0 Å². The number of hydrogen-bond acceptors (Lipinski definition) is 3. The van der Waals surface area contributed by atoms with Crippen molar-refractivity contribution in [3.8, 4) is 0 Å². The molecule has 1 aromatic rings. The fraction of sp³-hybridized carbons (Fsp3) is 0.579. The van der Waals surface area contributed by atoms with Crippen LogP contribution in [-0.4, -0.2) is 43.9 Å². The first-order chi connectivity index (χ1) is 11.9. The first-order valence-corrected chi connectivity index (χ1v) is 9.24. The van der Waals surface area contributed by atoms with Gasteiger partial charge in [0, 0.05) is 35.6 Å². The minimum absolute atomic E-state index is 0.0269. The van der Waals surface area contributed by atoms with Crippen LogP contribution < -0.4 is 10.6 Å². The third-order valence-corrected chi connectivity index (χ3v) is 5.01. The lowest BCUT2D eigenvalue weighted by molar-refractivity contribution is -0.128. The van der Waals surface area contributed by atoms with Gasteiger partial charge in [-0.3, -0.25) is 9.59 Å². The van der Waals surface area contributed by atoms with Gasteiger partial charge in [0.15, 0.2) is 0 Å². The lowest BCUT2D eigenvalue weighted by atomic mass is 9.81. The Kier molecular flexibility index (Phi) is 7.26. The summed E-state index contributed by atoms with van der Waals surface area (Å²) in [4.78, 5) is 26.7. The number of carbonyl (C=O) groups excluding carboxylic acids is 2. The van der Waals surface area contributed by atoms with Crippen molar-refractivity contribution < 1.29 is 9.59 Å². The number of anilines is 1. The largest absolute Gasteiger partial charge is 0.355 e. The molecule has 5 nitrogen and oxygen atoms in total. The van der Waals surface area contributed by atoms with Gasteiger partial charge >= 0.3 is 0 Å². The second kappa shape index (κ2) is 9.20. The van der Waals surface area contributed by atoms with Crippen molar-refractivity contribution >= 4 is 29.1 Å². The number of nitrogens with zero attached hydrogens (tertiary/aromatic N) is 1. The highest BCUT2D eigenvalue weighted by atomic mass is 35.5. The van der Waals surface area contributed by atoms with E-state index < -0.39 is 0 Å². The van der Waals surface area contributed by atoms with Crippen molar-refractivity contribution in [2.45, 2.75) is 32.6 Å². The summed E-state index contributed by atoms with van der Waals surface area (Å²) in [5, 5.41) is 6.64. The van der Waals surface area contributed by atoms with Crippen molar-refractivity contribution in [2.24, 2.45) is 11.8 Å². The van der Waals surface area contributed by atoms with E-state index in [0.29, 0.717) is 11.6 Å². The van der Waals surface area contributed by atoms with Crippen molar-refractivity contribution in [3.63, 3.8) is 0 Å². The highest BCUT2D eigenvalue weighted by Crippen LogP contribution is 2.30. The van der Waals surface area contributed by atoms with Crippen LogP contribution in [0.3, 0.4) is 0 Å². The topological polar surface area (TPSA) is 61.4 Å². The lowest BCUT2D eigenvalue weighted by Crippen LogP contribution is -2.38. The highest BCUT2D eigenvalue weighted by molar-refractivity contribution is 6.30. The number of rotatable bonds is 6. The number of nitrogens with one attached hydrogen (secondary N) is 2. The zero-order valence-corrected chi connectivity index (χ0v) is 16.0. The van der Waals surface area contributed by atoms with Crippen molar-refractivity contribution in [1.29, 1.82) is 0 Å². The number of hydrogen-bond donors (Lipinski definition) is 2. The fourth-order valence-electron chi connectivity index (χ4n) is 3.17. The summed E-state index contributed by atoms with van der Waals surface area (Å²) in [5.41, 5.74) is 1.76. The molecule has 1 saturated carbocycles. The SMILES string of the molecule is Cc1cc(Cl)ccc1NC(=O)C1CCC(C(=O)NCCN(C)C)CC1. The van der Waals surface area contributed by atoms with E-state index in [-0.39, 0.29) is 23.7 Å². The van der Waals surface area contributed by atoms with Gasteiger partial charge in [0.05, 0.1) is 0 Å². The molecule has 0 aliphatic heterocycles. The van der Waals surface area contributed by atoms with Crippen molar-refractivity contribution in [3.05, 3.63) is 28.8 Å². The summed E-state index contributed by atoms with van der Waals surface area (Å²) in [6.07, 6.45) is 3.05. The third kappa shape index (κ3) is 6.01. The number of likely N-dealkylation sites (N-methyl/N-ethyl adjacent to an activating group) is 1. The summed E-state index contributed by atoms with van der Waals surface area (Å²) in [6, 6.07) is 5.45. The number of aryl methyl sites for hydroxylation is 1. The maximum Gasteiger partial charge on any atom is 0.227 e. The standard InChI is InChI=1S/C19H28ClN3O2/c1-13-12-16(20)8-9-17(13)22-19(25)15-6-4-14(5-7-15)18(24)21-10-11-23(2)3/h8-9,12,14-15H,4-7,10-11H2,1-3H3,(H,21,24)(H,22,25). The Morgan fingerprint density at radius 1 is 1.12 bits per heavy atom. The third-order valence-electron chi connectivity index (χ3n) is 4.77. The molecule has 0 unspecified atom stereocenters. The van der Waals surface area contributed by atoms with Crippen LogP contribution in [0.25, 0.3) is 0 Å². The molecule has 0 atom stereocenters. The minimum atomic E-state index is -0.0269. The molecule has 0 aromatic heterocycles. The van der Waals surface area contributed by atoms with Crippen LogP contribution in [-0.2, 0) is 9.59 Å². The predicted octanol–water partition coefficient (Wildman–Crippen LogP) is 3.07. The van der Waals surface area contributed by atoms with Crippen LogP contribution in [0.15, 0.2) is 18.2 Å². The molecule has 1 aliphatic carbocycles. The van der Waals surface area contributed by atoms with Crippen molar-refractivity contribution in [1.82, 2.24) is 10.2 Å². The quantitative estimate of drug-likeness (QED) is 0.814. The summed E-state index contributed by atoms with van der Waals surface area (Å²) in [5.74, 6) is 0.163. The Labute approximate surface area is 155 Å². The number of halogens is 1. The maximum absolute atomic E-state index is 12.5. The van der Waals surface area contributed by atoms with E-state index in [9.17, 15) is 9.59 Å². The monoisotopic (exact) mass is 365 g/mol. The van der Waals surface area contributed by atoms with Gasteiger partial charge in [0.2, 0.25) is 11.8 Å². The molecule has 0 bridgehead atoms. The summed E-state index contributed by atoms with van der Waals surface area (Å²) in [7, 11) is 3.97. The number of carbonyl (C=O) groups is 2. The summed E-state index contributed by atoms with van der Waals surface area (Å²) in [6.45, 7) is 3.43. The molecule has 1 aliphatic rings. The molecular formula is C19H28ClN3O2. The Balaban J connectivity index is 1.79. The van der Waals surface area contributed by atoms with Crippen LogP contribution in [0.2, 0.25) is 5.02 Å². The smallest absolute Gasteiger partial charge is 0.227 e. The Morgan fingerprint density at radius 3 is 2.28 bits per heavy atom. The van der Waals surface area contributed by atoms with Crippen LogP contribution >= 0.6 is 11.6 Å². The van der Waals surface area contributed by atoms with E-state index in [2.05, 4.69) is 10.6 Å². The molecule has 6 heteroatoms. The Morgan fingerprint density at radius 2 is 1.72 bits per heavy atom. The van der Waals surface area contributed by atoms with E-state index in [1.54, 1.807) is 6.07 Å². The summed E-state index contributed by atoms with van der Waals surface area (Å²) < 4.78 is 0. The molecule has 1 fully saturated rings. The Hall–Kier alpha value is -1.59. The average Bonchev–Trinajstić information content (AvgIpc) is 2.57. The molecule has 2 amide bonds. The molecule has 0 heterocycles. The first-order valence-electron chi connectivity index (χ1n) is 8.86.